The van der Waals surface area contributed by atoms with Crippen LogP contribution in [0.25, 0.3) is 11.1 Å². The summed E-state index contributed by atoms with van der Waals surface area (Å²) in [4.78, 5) is 1.86. The molecule has 0 saturated carbocycles. The van der Waals surface area contributed by atoms with E-state index in [4.69, 9.17) is 4.74 Å². The van der Waals surface area contributed by atoms with Crippen molar-refractivity contribution in [2.45, 2.75) is 62.9 Å². The van der Waals surface area contributed by atoms with E-state index in [0.717, 1.165) is 54.5 Å². The Morgan fingerprint density at radius 3 is 1.80 bits per heavy atom. The van der Waals surface area contributed by atoms with Crippen LogP contribution < -0.4 is 0 Å². The number of hydrogen-bond donors (Lipinski definition) is 4. The molecule has 0 unspecified atom stereocenters. The summed E-state index contributed by atoms with van der Waals surface area (Å²) in [7, 11) is 0. The first-order chi connectivity index (χ1) is 16.6. The second kappa shape index (κ2) is 12.8. The lowest BCUT2D eigenvalue weighted by Gasteiger charge is -2.23. The molecule has 4 N–H and O–H groups in total. The maximum atomic E-state index is 12.7. The van der Waals surface area contributed by atoms with E-state index in [0.29, 0.717) is 19.8 Å². The minimum Gasteiger partial charge on any atom is -0.389 e. The number of alkyl halides is 3. The fourth-order valence-electron chi connectivity index (χ4n) is 4.19. The second-order valence-electron chi connectivity index (χ2n) is 9.11. The first-order valence-corrected chi connectivity index (χ1v) is 11.9. The third-order valence-electron chi connectivity index (χ3n) is 6.31. The van der Waals surface area contributed by atoms with Crippen LogP contribution in [0.4, 0.5) is 13.2 Å². The van der Waals surface area contributed by atoms with Crippen molar-refractivity contribution in [3.63, 3.8) is 0 Å². The quantitative estimate of drug-likeness (QED) is 0.377. The van der Waals surface area contributed by atoms with Gasteiger partial charge in [0, 0.05) is 19.7 Å². The molecule has 194 valence electrons. The number of hydrogen-bond acceptors (Lipinski definition) is 6. The highest BCUT2D eigenvalue weighted by atomic mass is 19.4. The molecule has 1 fully saturated rings. The number of β-amino-alcohol motifs (C(OH)–C–C–N with tert-alkyl or cyclic N) is 2. The number of aliphatic hydroxyl groups excluding tert-OH is 4. The summed E-state index contributed by atoms with van der Waals surface area (Å²) in [6.07, 6.45) is -5.49. The van der Waals surface area contributed by atoms with Crippen LogP contribution in [0.1, 0.15) is 36.8 Å². The van der Waals surface area contributed by atoms with Crippen molar-refractivity contribution in [3.8, 4) is 11.1 Å². The molecule has 2 aromatic carbocycles. The highest BCUT2D eigenvalue weighted by Crippen LogP contribution is 2.31. The number of unbranched alkanes of at least 4 members (excludes halogenated alkanes) is 3. The van der Waals surface area contributed by atoms with Crippen molar-refractivity contribution in [1.29, 1.82) is 0 Å². The predicted molar refractivity (Wildman–Crippen MR) is 125 cm³/mol. The monoisotopic (exact) mass is 497 g/mol. The van der Waals surface area contributed by atoms with Crippen LogP contribution in [0.15, 0.2) is 48.5 Å². The normalized spacial score (nSPS) is 23.9. The second-order valence-corrected chi connectivity index (χ2v) is 9.11. The lowest BCUT2D eigenvalue weighted by molar-refractivity contribution is -0.137. The molecule has 9 heteroatoms. The van der Waals surface area contributed by atoms with Crippen molar-refractivity contribution in [2.75, 3.05) is 26.2 Å². The summed E-state index contributed by atoms with van der Waals surface area (Å²) in [5.74, 6) is 0. The van der Waals surface area contributed by atoms with Crippen molar-refractivity contribution in [1.82, 2.24) is 4.90 Å². The third-order valence-corrected chi connectivity index (χ3v) is 6.31. The Hall–Kier alpha value is -2.01. The van der Waals surface area contributed by atoms with Gasteiger partial charge >= 0.3 is 6.18 Å². The topological polar surface area (TPSA) is 93.4 Å². The van der Waals surface area contributed by atoms with E-state index >= 15 is 0 Å². The zero-order valence-corrected chi connectivity index (χ0v) is 19.6. The highest BCUT2D eigenvalue weighted by molar-refractivity contribution is 5.64. The number of aliphatic hydroxyl groups is 4. The highest BCUT2D eigenvalue weighted by Gasteiger charge is 2.36. The number of benzene rings is 2. The molecule has 1 aliphatic rings. The van der Waals surface area contributed by atoms with Crippen LogP contribution in [-0.4, -0.2) is 76.0 Å². The number of rotatable bonds is 10. The molecule has 0 radical (unpaired) electrons. The summed E-state index contributed by atoms with van der Waals surface area (Å²) < 4.78 is 43.8. The van der Waals surface area contributed by atoms with E-state index < -0.39 is 36.2 Å². The van der Waals surface area contributed by atoms with Crippen LogP contribution in [-0.2, 0) is 17.5 Å². The number of halogens is 3. The smallest absolute Gasteiger partial charge is 0.389 e. The minimum atomic E-state index is -4.34. The molecule has 0 aliphatic carbocycles. The van der Waals surface area contributed by atoms with Crippen LogP contribution in [0, 0.1) is 0 Å². The largest absolute Gasteiger partial charge is 0.416 e. The van der Waals surface area contributed by atoms with E-state index in [-0.39, 0.29) is 13.1 Å². The summed E-state index contributed by atoms with van der Waals surface area (Å²) in [6.45, 7) is 2.17. The van der Waals surface area contributed by atoms with Crippen molar-refractivity contribution in [2.24, 2.45) is 0 Å². The molecule has 35 heavy (non-hydrogen) atoms. The molecule has 0 amide bonds. The van der Waals surface area contributed by atoms with Crippen LogP contribution in [0.5, 0.6) is 0 Å². The van der Waals surface area contributed by atoms with E-state index in [9.17, 15) is 33.6 Å². The maximum absolute atomic E-state index is 12.7. The zero-order valence-electron chi connectivity index (χ0n) is 19.6. The number of ether oxygens (including phenoxy) is 1. The molecule has 1 heterocycles. The van der Waals surface area contributed by atoms with Gasteiger partial charge in [-0.15, -0.1) is 0 Å². The predicted octanol–water partition coefficient (Wildman–Crippen LogP) is 3.21. The third kappa shape index (κ3) is 8.27. The van der Waals surface area contributed by atoms with Gasteiger partial charge in [-0.1, -0.05) is 49.2 Å². The fraction of sp³-hybridized carbons (Fsp3) is 0.538. The van der Waals surface area contributed by atoms with Gasteiger partial charge in [0.2, 0.25) is 0 Å². The summed E-state index contributed by atoms with van der Waals surface area (Å²) in [5, 5.41) is 39.3. The first kappa shape index (κ1) is 27.6. The summed E-state index contributed by atoms with van der Waals surface area (Å²) in [6, 6.07) is 12.7. The molecule has 4 atom stereocenters. The molecule has 3 rings (SSSR count). The Balaban J connectivity index is 1.29. The molecule has 1 saturated heterocycles. The Bertz CT molecular complexity index is 875. The average Bonchev–Trinajstić information content (AvgIpc) is 2.92. The van der Waals surface area contributed by atoms with Gasteiger partial charge in [0.05, 0.1) is 24.4 Å². The van der Waals surface area contributed by atoms with E-state index in [1.165, 1.54) is 12.1 Å². The van der Waals surface area contributed by atoms with Gasteiger partial charge in [-0.3, -0.25) is 4.90 Å². The first-order valence-electron chi connectivity index (χ1n) is 11.9. The maximum Gasteiger partial charge on any atom is 0.416 e. The van der Waals surface area contributed by atoms with Gasteiger partial charge in [-0.2, -0.15) is 13.2 Å². The molecule has 0 aromatic heterocycles. The lowest BCUT2D eigenvalue weighted by Crippen LogP contribution is -2.43. The van der Waals surface area contributed by atoms with Crippen molar-refractivity contribution in [3.05, 3.63) is 59.7 Å². The standard InChI is InChI=1S/C26H34F3NO5/c27-26(28,29)21-11-9-20(10-12-21)19-7-5-18(6-8-19)17-35-14-4-2-1-3-13-30-15-22(31)24(33)25(34)23(32)16-30/h5-12,22-25,31-34H,1-4,13-17H2/t22-,23-,24+,25+/m0/s1. The van der Waals surface area contributed by atoms with Gasteiger partial charge < -0.3 is 25.2 Å². The molecular formula is C26H34F3NO5. The van der Waals surface area contributed by atoms with Crippen LogP contribution >= 0.6 is 0 Å². The van der Waals surface area contributed by atoms with Gasteiger partial charge in [0.1, 0.15) is 12.2 Å². The Morgan fingerprint density at radius 1 is 0.743 bits per heavy atom. The zero-order chi connectivity index (χ0) is 25.4. The average molecular weight is 498 g/mol. The van der Waals surface area contributed by atoms with E-state index in [2.05, 4.69) is 0 Å². The Morgan fingerprint density at radius 2 is 1.26 bits per heavy atom. The van der Waals surface area contributed by atoms with Crippen molar-refractivity contribution >= 4 is 0 Å². The number of likely N-dealkylation sites (tertiary alicyclic amines) is 1. The molecule has 0 spiro atoms. The van der Waals surface area contributed by atoms with Gasteiger partial charge in [-0.25, -0.2) is 0 Å². The Labute approximate surface area is 203 Å². The molecule has 6 nitrogen and oxygen atoms in total. The Kier molecular flexibility index (Phi) is 10.1. The molecular weight excluding hydrogens is 463 g/mol. The van der Waals surface area contributed by atoms with Gasteiger partial charge in [0.25, 0.3) is 0 Å². The minimum absolute atomic E-state index is 0.218. The molecule has 1 aliphatic heterocycles. The lowest BCUT2D eigenvalue weighted by atomic mass is 10.0. The SMILES string of the molecule is O[C@H]1[C@H](O)[C@@H](O)CN(CCCCCCOCc2ccc(-c3ccc(C(F)(F)F)cc3)cc2)C[C@@H]1O. The van der Waals surface area contributed by atoms with Gasteiger partial charge in [-0.05, 0) is 48.2 Å². The summed E-state index contributed by atoms with van der Waals surface area (Å²) in [5.41, 5.74) is 1.90. The van der Waals surface area contributed by atoms with E-state index in [1.807, 2.05) is 29.2 Å². The fourth-order valence-corrected chi connectivity index (χ4v) is 4.19. The van der Waals surface area contributed by atoms with Crippen LogP contribution in [0.2, 0.25) is 0 Å². The van der Waals surface area contributed by atoms with Crippen molar-refractivity contribution < 1.29 is 38.3 Å². The van der Waals surface area contributed by atoms with Crippen LogP contribution in [0.3, 0.4) is 0 Å². The summed E-state index contributed by atoms with van der Waals surface area (Å²) >= 11 is 0. The van der Waals surface area contributed by atoms with Gasteiger partial charge in [0.15, 0.2) is 0 Å². The molecule has 2 aromatic rings. The van der Waals surface area contributed by atoms with E-state index in [1.54, 1.807) is 0 Å². The number of nitrogens with zero attached hydrogens (tertiary/aromatic N) is 1. The molecule has 0 bridgehead atoms.